The molecule has 0 rings (SSSR count). The molecule has 0 saturated carbocycles. The first kappa shape index (κ1) is 17.1. The number of rotatable bonds is 5. The Hall–Kier alpha value is 0.880. The lowest BCUT2D eigenvalue weighted by molar-refractivity contribution is -0.00100. The normalized spacial score (nSPS) is 7.80. The van der Waals surface area contributed by atoms with Crippen LogP contribution in [-0.2, 0) is 0 Å². The summed E-state index contributed by atoms with van der Waals surface area (Å²) in [6, 6.07) is 0. The largest absolute Gasteiger partial charge is 1.00 e. The topological polar surface area (TPSA) is 24.1 Å². The number of likely N-dealkylation sites (N-methyl/N-ethyl adjacent to an activating group) is 2. The first-order valence-electron chi connectivity index (χ1n) is 3.33. The predicted molar refractivity (Wildman–Crippen MR) is 37.1 cm³/mol. The van der Waals surface area contributed by atoms with E-state index >= 15 is 0 Å². The van der Waals surface area contributed by atoms with Gasteiger partial charge in [-0.25, -0.2) is 0 Å². The van der Waals surface area contributed by atoms with Crippen molar-refractivity contribution in [1.82, 2.24) is 10.6 Å². The van der Waals surface area contributed by atoms with Gasteiger partial charge in [0.2, 0.25) is 0 Å². The molecule has 4 heteroatoms. The van der Waals surface area contributed by atoms with E-state index in [0.29, 0.717) is 0 Å². The fourth-order valence-corrected chi connectivity index (χ4v) is 0.530. The van der Waals surface area contributed by atoms with E-state index in [1.807, 2.05) is 0 Å². The maximum Gasteiger partial charge on any atom is 0.00766 e. The summed E-state index contributed by atoms with van der Waals surface area (Å²) in [4.78, 5) is 0. The zero-order valence-electron chi connectivity index (χ0n) is 6.58. The van der Waals surface area contributed by atoms with Gasteiger partial charge in [0.05, 0.1) is 0 Å². The van der Waals surface area contributed by atoms with Crippen LogP contribution in [0.2, 0.25) is 0 Å². The van der Waals surface area contributed by atoms with Gasteiger partial charge in [-0.15, -0.1) is 0 Å². The standard InChI is InChI=1S/C6H16N2.2BrH/c1-3-7-5-6-8-4-2;;/h7-8H,3-6H2,1-2H3;2*1H/p-2. The summed E-state index contributed by atoms with van der Waals surface area (Å²) < 4.78 is 0. The minimum absolute atomic E-state index is 0. The van der Waals surface area contributed by atoms with Gasteiger partial charge in [0, 0.05) is 13.1 Å². The molecule has 66 valence electrons. The molecule has 0 aromatic rings. The molecule has 0 aromatic heterocycles. The van der Waals surface area contributed by atoms with E-state index in [1.165, 1.54) is 0 Å². The molecular formula is C6H16Br2N2-2. The van der Waals surface area contributed by atoms with E-state index in [0.717, 1.165) is 26.2 Å². The van der Waals surface area contributed by atoms with Crippen molar-refractivity contribution in [2.24, 2.45) is 0 Å². The Morgan fingerprint density at radius 3 is 1.30 bits per heavy atom. The van der Waals surface area contributed by atoms with Crippen molar-refractivity contribution in [3.05, 3.63) is 0 Å². The molecule has 0 aliphatic rings. The van der Waals surface area contributed by atoms with Crippen LogP contribution in [-0.4, -0.2) is 26.2 Å². The Morgan fingerprint density at radius 2 is 1.10 bits per heavy atom. The Labute approximate surface area is 84.7 Å². The molecule has 0 spiro atoms. The highest BCUT2D eigenvalue weighted by Gasteiger charge is 1.79. The maximum absolute atomic E-state index is 3.22. The van der Waals surface area contributed by atoms with Gasteiger partial charge in [-0.05, 0) is 13.1 Å². The molecule has 2 nitrogen and oxygen atoms in total. The van der Waals surface area contributed by atoms with E-state index in [1.54, 1.807) is 0 Å². The van der Waals surface area contributed by atoms with Crippen molar-refractivity contribution in [3.8, 4) is 0 Å². The zero-order valence-corrected chi connectivity index (χ0v) is 9.76. The number of hydrogen-bond donors (Lipinski definition) is 2. The fraction of sp³-hybridized carbons (Fsp3) is 1.00. The van der Waals surface area contributed by atoms with Crippen molar-refractivity contribution in [3.63, 3.8) is 0 Å². The summed E-state index contributed by atoms with van der Waals surface area (Å²) in [5.74, 6) is 0. The second-order valence-corrected chi connectivity index (χ2v) is 1.71. The summed E-state index contributed by atoms with van der Waals surface area (Å²) in [7, 11) is 0. The highest BCUT2D eigenvalue weighted by Crippen LogP contribution is 1.56. The van der Waals surface area contributed by atoms with Gasteiger partial charge in [-0.2, -0.15) is 0 Å². The summed E-state index contributed by atoms with van der Waals surface area (Å²) >= 11 is 0. The van der Waals surface area contributed by atoms with Crippen molar-refractivity contribution in [2.75, 3.05) is 26.2 Å². The van der Waals surface area contributed by atoms with Gasteiger partial charge < -0.3 is 44.6 Å². The lowest BCUT2D eigenvalue weighted by Gasteiger charge is -1.99. The van der Waals surface area contributed by atoms with E-state index in [4.69, 9.17) is 0 Å². The minimum Gasteiger partial charge on any atom is -1.00 e. The van der Waals surface area contributed by atoms with E-state index < -0.39 is 0 Å². The van der Waals surface area contributed by atoms with Gasteiger partial charge in [-0.1, -0.05) is 13.8 Å². The second-order valence-electron chi connectivity index (χ2n) is 1.71. The Kier molecular flexibility index (Phi) is 28.2. The van der Waals surface area contributed by atoms with Crippen LogP contribution >= 0.6 is 0 Å². The molecule has 0 aliphatic carbocycles. The molecule has 0 heterocycles. The molecule has 0 saturated heterocycles. The number of nitrogens with one attached hydrogen (secondary N) is 2. The minimum atomic E-state index is 0. The SMILES string of the molecule is CCNCCNCC.[Br-].[Br-]. The number of halogens is 2. The van der Waals surface area contributed by atoms with Crippen LogP contribution in [0.3, 0.4) is 0 Å². The molecule has 0 atom stereocenters. The van der Waals surface area contributed by atoms with Gasteiger partial charge in [-0.3, -0.25) is 0 Å². The Balaban J connectivity index is -0.000000245. The molecule has 0 aromatic carbocycles. The highest BCUT2D eigenvalue weighted by molar-refractivity contribution is 4.45. The van der Waals surface area contributed by atoms with Crippen LogP contribution in [0.5, 0.6) is 0 Å². The zero-order chi connectivity index (χ0) is 6.24. The summed E-state index contributed by atoms with van der Waals surface area (Å²) in [5.41, 5.74) is 0. The summed E-state index contributed by atoms with van der Waals surface area (Å²) in [5, 5.41) is 6.44. The molecule has 0 bridgehead atoms. The van der Waals surface area contributed by atoms with Gasteiger partial charge in [0.15, 0.2) is 0 Å². The Bertz CT molecular complexity index is 38.7. The first-order valence-corrected chi connectivity index (χ1v) is 3.33. The molecule has 2 N–H and O–H groups in total. The quantitative estimate of drug-likeness (QED) is 0.489. The van der Waals surface area contributed by atoms with E-state index in [-0.39, 0.29) is 34.0 Å². The van der Waals surface area contributed by atoms with Crippen LogP contribution < -0.4 is 44.6 Å². The van der Waals surface area contributed by atoms with Gasteiger partial charge >= 0.3 is 0 Å². The first-order chi connectivity index (χ1) is 3.91. The maximum atomic E-state index is 3.22. The molecule has 0 aliphatic heterocycles. The average Bonchev–Trinajstić information content (AvgIpc) is 1.81. The molecule has 0 amide bonds. The lowest BCUT2D eigenvalue weighted by Crippen LogP contribution is -3.00. The predicted octanol–water partition coefficient (Wildman–Crippen LogP) is -5.79. The highest BCUT2D eigenvalue weighted by atomic mass is 79.9. The monoisotopic (exact) mass is 274 g/mol. The van der Waals surface area contributed by atoms with Crippen LogP contribution in [0.4, 0.5) is 0 Å². The average molecular weight is 276 g/mol. The van der Waals surface area contributed by atoms with Gasteiger partial charge in [0.1, 0.15) is 0 Å². The summed E-state index contributed by atoms with van der Waals surface area (Å²) in [6.45, 7) is 8.56. The third-order valence-corrected chi connectivity index (χ3v) is 0.979. The molecule has 0 radical (unpaired) electrons. The second kappa shape index (κ2) is 16.5. The van der Waals surface area contributed by atoms with Crippen LogP contribution in [0.15, 0.2) is 0 Å². The molecule has 0 unspecified atom stereocenters. The van der Waals surface area contributed by atoms with Crippen LogP contribution in [0.1, 0.15) is 13.8 Å². The van der Waals surface area contributed by atoms with Crippen LogP contribution in [0, 0.1) is 0 Å². The molecular weight excluding hydrogens is 260 g/mol. The lowest BCUT2D eigenvalue weighted by atomic mass is 10.6. The van der Waals surface area contributed by atoms with Crippen molar-refractivity contribution >= 4 is 0 Å². The summed E-state index contributed by atoms with van der Waals surface area (Å²) in [6.07, 6.45) is 0. The fourth-order valence-electron chi connectivity index (χ4n) is 0.530. The van der Waals surface area contributed by atoms with Crippen LogP contribution in [0.25, 0.3) is 0 Å². The van der Waals surface area contributed by atoms with Crippen molar-refractivity contribution in [2.45, 2.75) is 13.8 Å². The molecule has 10 heavy (non-hydrogen) atoms. The van der Waals surface area contributed by atoms with E-state index in [2.05, 4.69) is 24.5 Å². The Morgan fingerprint density at radius 1 is 0.800 bits per heavy atom. The third kappa shape index (κ3) is 15.9. The van der Waals surface area contributed by atoms with E-state index in [9.17, 15) is 0 Å². The van der Waals surface area contributed by atoms with Crippen molar-refractivity contribution in [1.29, 1.82) is 0 Å². The molecule has 0 fully saturated rings. The third-order valence-electron chi connectivity index (χ3n) is 0.979. The van der Waals surface area contributed by atoms with Crippen molar-refractivity contribution < 1.29 is 34.0 Å². The smallest absolute Gasteiger partial charge is 0.00766 e. The van der Waals surface area contributed by atoms with Gasteiger partial charge in [0.25, 0.3) is 0 Å². The number of hydrogen-bond acceptors (Lipinski definition) is 2.